The normalized spacial score (nSPS) is 15.6. The molecule has 6 nitrogen and oxygen atoms in total. The number of nitrogens with zero attached hydrogens (tertiary/aromatic N) is 4. The molecule has 1 aliphatic carbocycles. The van der Waals surface area contributed by atoms with Gasteiger partial charge in [-0.2, -0.15) is 0 Å². The van der Waals surface area contributed by atoms with Crippen LogP contribution in [-0.2, 0) is 0 Å². The van der Waals surface area contributed by atoms with E-state index < -0.39 is 0 Å². The van der Waals surface area contributed by atoms with Crippen molar-refractivity contribution in [1.29, 1.82) is 0 Å². The maximum atomic E-state index is 6.58. The van der Waals surface area contributed by atoms with E-state index in [1.807, 2.05) is 36.4 Å². The summed E-state index contributed by atoms with van der Waals surface area (Å²) in [6.45, 7) is 0. The summed E-state index contributed by atoms with van der Waals surface area (Å²) in [5.74, 6) is 2.77. The minimum absolute atomic E-state index is 0.0852. The Hall–Kier alpha value is -7.57. The number of benzene rings is 7. The standard InChI is InChI=1S/C51H32N4O2/c1-3-11-31(12-4-1)32-19-21-33(22-20-32)49-52-50(34-23-26-44-39(29-34)37-15-8-10-18-43(37)56-44)54-51(53-49)35-24-27-45-40(30-35)48-46(57-45)28-25-42-47(48)38-16-7-9-17-41(38)55(42)36-13-5-2-6-14-36/h1-30,42,47H. The molecule has 0 radical (unpaired) electrons. The minimum Gasteiger partial charge on any atom is -0.456 e. The molecule has 0 spiro atoms. The summed E-state index contributed by atoms with van der Waals surface area (Å²) >= 11 is 0. The zero-order chi connectivity index (χ0) is 37.5. The van der Waals surface area contributed by atoms with Crippen LogP contribution in [0.25, 0.3) is 84.3 Å². The molecule has 0 saturated carbocycles. The van der Waals surface area contributed by atoms with Gasteiger partial charge in [-0.05, 0) is 83.4 Å². The molecule has 12 rings (SSSR count). The van der Waals surface area contributed by atoms with Crippen LogP contribution in [0.2, 0.25) is 0 Å². The van der Waals surface area contributed by atoms with Crippen molar-refractivity contribution in [2.24, 2.45) is 0 Å². The van der Waals surface area contributed by atoms with E-state index in [1.165, 1.54) is 22.5 Å². The lowest BCUT2D eigenvalue weighted by Gasteiger charge is -2.30. The SMILES string of the molecule is C1=CC2C(c3ccccc3N2c2ccccc2)c2c1oc1ccc(-c3nc(-c4ccc(-c5ccccc5)cc4)nc(-c4ccc5oc6ccccc6c5c4)n3)cc21. The summed E-state index contributed by atoms with van der Waals surface area (Å²) in [6.07, 6.45) is 4.43. The lowest BCUT2D eigenvalue weighted by Crippen LogP contribution is -2.30. The van der Waals surface area contributed by atoms with Crippen LogP contribution in [0.5, 0.6) is 0 Å². The van der Waals surface area contributed by atoms with Gasteiger partial charge in [-0.25, -0.2) is 15.0 Å². The zero-order valence-corrected chi connectivity index (χ0v) is 30.6. The number of rotatable bonds is 5. The van der Waals surface area contributed by atoms with Gasteiger partial charge in [0.2, 0.25) is 0 Å². The Balaban J connectivity index is 1.02. The van der Waals surface area contributed by atoms with E-state index in [2.05, 4.69) is 151 Å². The summed E-state index contributed by atoms with van der Waals surface area (Å²) in [6, 6.07) is 58.9. The fraction of sp³-hybridized carbons (Fsp3) is 0.0392. The average molecular weight is 733 g/mol. The van der Waals surface area contributed by atoms with Gasteiger partial charge in [0.25, 0.3) is 0 Å². The number of fused-ring (bicyclic) bond motifs is 10. The van der Waals surface area contributed by atoms with E-state index in [9.17, 15) is 0 Å². The Morgan fingerprint density at radius 3 is 1.77 bits per heavy atom. The van der Waals surface area contributed by atoms with Gasteiger partial charge in [0.05, 0.1) is 6.04 Å². The van der Waals surface area contributed by atoms with Crippen LogP contribution < -0.4 is 4.90 Å². The molecule has 268 valence electrons. The van der Waals surface area contributed by atoms with Crippen molar-refractivity contribution in [2.45, 2.75) is 12.0 Å². The molecule has 57 heavy (non-hydrogen) atoms. The Morgan fingerprint density at radius 1 is 0.439 bits per heavy atom. The monoisotopic (exact) mass is 732 g/mol. The van der Waals surface area contributed by atoms with Crippen molar-refractivity contribution in [2.75, 3.05) is 4.90 Å². The van der Waals surface area contributed by atoms with E-state index in [4.69, 9.17) is 23.8 Å². The van der Waals surface area contributed by atoms with Crippen LogP contribution in [0.15, 0.2) is 185 Å². The summed E-state index contributed by atoms with van der Waals surface area (Å²) < 4.78 is 12.7. The topological polar surface area (TPSA) is 68.2 Å². The first-order valence-corrected chi connectivity index (χ1v) is 19.3. The van der Waals surface area contributed by atoms with Gasteiger partial charge in [0.1, 0.15) is 22.5 Å². The first-order chi connectivity index (χ1) is 28.2. The molecule has 7 aromatic carbocycles. The summed E-state index contributed by atoms with van der Waals surface area (Å²) in [4.78, 5) is 17.9. The number of hydrogen-bond acceptors (Lipinski definition) is 6. The van der Waals surface area contributed by atoms with Crippen LogP contribution in [0, 0.1) is 0 Å². The summed E-state index contributed by atoms with van der Waals surface area (Å²) in [5, 5.41) is 3.14. The molecular weight excluding hydrogens is 701 g/mol. The van der Waals surface area contributed by atoms with Crippen LogP contribution in [0.1, 0.15) is 22.8 Å². The number of aromatic nitrogens is 3. The van der Waals surface area contributed by atoms with Crippen LogP contribution in [0.3, 0.4) is 0 Å². The highest BCUT2D eigenvalue weighted by molar-refractivity contribution is 6.06. The van der Waals surface area contributed by atoms with Crippen molar-refractivity contribution in [3.8, 4) is 45.3 Å². The number of hydrogen-bond donors (Lipinski definition) is 0. The first kappa shape index (κ1) is 31.7. The van der Waals surface area contributed by atoms with E-state index in [-0.39, 0.29) is 12.0 Å². The quantitative estimate of drug-likeness (QED) is 0.175. The highest BCUT2D eigenvalue weighted by Crippen LogP contribution is 2.53. The molecule has 0 amide bonds. The van der Waals surface area contributed by atoms with Crippen molar-refractivity contribution in [3.63, 3.8) is 0 Å². The molecule has 0 N–H and O–H groups in total. The van der Waals surface area contributed by atoms with E-state index >= 15 is 0 Å². The number of anilines is 2. The minimum atomic E-state index is 0.0852. The first-order valence-electron chi connectivity index (χ1n) is 19.3. The second-order valence-corrected chi connectivity index (χ2v) is 14.7. The predicted octanol–water partition coefficient (Wildman–Crippen LogP) is 12.9. The molecule has 1 aliphatic heterocycles. The maximum Gasteiger partial charge on any atom is 0.164 e. The van der Waals surface area contributed by atoms with Crippen molar-refractivity contribution >= 4 is 50.4 Å². The fourth-order valence-electron chi connectivity index (χ4n) is 8.86. The van der Waals surface area contributed by atoms with Crippen molar-refractivity contribution in [1.82, 2.24) is 15.0 Å². The Morgan fingerprint density at radius 2 is 1.00 bits per heavy atom. The van der Waals surface area contributed by atoms with Gasteiger partial charge in [0, 0.05) is 55.7 Å². The fourth-order valence-corrected chi connectivity index (χ4v) is 8.86. The van der Waals surface area contributed by atoms with E-state index in [0.29, 0.717) is 17.5 Å². The van der Waals surface area contributed by atoms with Crippen molar-refractivity contribution in [3.05, 3.63) is 193 Å². The molecule has 0 bridgehead atoms. The Kier molecular flexibility index (Phi) is 6.95. The lowest BCUT2D eigenvalue weighted by molar-refractivity contribution is 0.584. The maximum absolute atomic E-state index is 6.58. The molecule has 0 fully saturated rings. The molecule has 4 heterocycles. The van der Waals surface area contributed by atoms with Crippen LogP contribution in [-0.4, -0.2) is 21.0 Å². The van der Waals surface area contributed by atoms with Gasteiger partial charge in [-0.15, -0.1) is 0 Å². The second kappa shape index (κ2) is 12.5. The van der Waals surface area contributed by atoms with Gasteiger partial charge >= 0.3 is 0 Å². The molecule has 2 atom stereocenters. The highest BCUT2D eigenvalue weighted by Gasteiger charge is 2.43. The van der Waals surface area contributed by atoms with Gasteiger partial charge in [-0.1, -0.05) is 115 Å². The predicted molar refractivity (Wildman–Crippen MR) is 228 cm³/mol. The molecule has 10 aromatic rings. The Bertz CT molecular complexity index is 3200. The molecule has 2 aliphatic rings. The third-order valence-electron chi connectivity index (χ3n) is 11.5. The van der Waals surface area contributed by atoms with Crippen LogP contribution >= 0.6 is 0 Å². The van der Waals surface area contributed by atoms with Gasteiger partial charge in [0.15, 0.2) is 17.5 Å². The number of para-hydroxylation sites is 3. The third kappa shape index (κ3) is 5.07. The smallest absolute Gasteiger partial charge is 0.164 e. The van der Waals surface area contributed by atoms with Gasteiger partial charge < -0.3 is 13.7 Å². The summed E-state index contributed by atoms with van der Waals surface area (Å²) in [5.41, 5.74) is 12.4. The molecular formula is C51H32N4O2. The van der Waals surface area contributed by atoms with Crippen molar-refractivity contribution < 1.29 is 8.83 Å². The second-order valence-electron chi connectivity index (χ2n) is 14.7. The van der Waals surface area contributed by atoms with E-state index in [0.717, 1.165) is 66.5 Å². The highest BCUT2D eigenvalue weighted by atomic mass is 16.3. The Labute approximate surface area is 328 Å². The lowest BCUT2D eigenvalue weighted by atomic mass is 9.82. The largest absolute Gasteiger partial charge is 0.456 e. The van der Waals surface area contributed by atoms with Crippen LogP contribution in [0.4, 0.5) is 11.4 Å². The summed E-state index contributed by atoms with van der Waals surface area (Å²) in [7, 11) is 0. The van der Waals surface area contributed by atoms with E-state index in [1.54, 1.807) is 0 Å². The number of furan rings is 2. The molecule has 2 unspecified atom stereocenters. The molecule has 0 saturated heterocycles. The van der Waals surface area contributed by atoms with Gasteiger partial charge in [-0.3, -0.25) is 0 Å². The molecule has 3 aromatic heterocycles. The molecule has 6 heteroatoms. The average Bonchev–Trinajstić information content (AvgIpc) is 3.96. The zero-order valence-electron chi connectivity index (χ0n) is 30.6. The third-order valence-corrected chi connectivity index (χ3v) is 11.5.